The zero-order valence-electron chi connectivity index (χ0n) is 18.3. The molecule has 2 N–H and O–H groups in total. The second-order valence-electron chi connectivity index (χ2n) is 7.13. The second kappa shape index (κ2) is 11.0. The van der Waals surface area contributed by atoms with E-state index in [0.29, 0.717) is 18.1 Å². The molecule has 0 saturated carbocycles. The Bertz CT molecular complexity index is 912. The van der Waals surface area contributed by atoms with Crippen molar-refractivity contribution in [2.75, 3.05) is 25.6 Å². The molecule has 0 unspecified atom stereocenters. The number of nitrogens with one attached hydrogen (secondary N) is 2. The molecule has 0 aliphatic heterocycles. The summed E-state index contributed by atoms with van der Waals surface area (Å²) in [6.07, 6.45) is 3.95. The zero-order valence-corrected chi connectivity index (χ0v) is 18.3. The highest BCUT2D eigenvalue weighted by Gasteiger charge is 2.09. The van der Waals surface area contributed by atoms with Gasteiger partial charge in [-0.25, -0.2) is 0 Å². The van der Waals surface area contributed by atoms with Crippen LogP contribution >= 0.6 is 0 Å². The minimum atomic E-state index is -0.354. The first kappa shape index (κ1) is 23.0. The maximum Gasteiger partial charge on any atom is 0.244 e. The Morgan fingerprint density at radius 2 is 1.73 bits per heavy atom. The number of rotatable bonds is 9. The summed E-state index contributed by atoms with van der Waals surface area (Å²) in [5.74, 6) is 0.646. The van der Waals surface area contributed by atoms with Crippen molar-refractivity contribution in [3.63, 3.8) is 0 Å². The van der Waals surface area contributed by atoms with Gasteiger partial charge < -0.3 is 20.1 Å². The fraction of sp³-hybridized carbons (Fsp3) is 0.333. The molecule has 0 aromatic heterocycles. The summed E-state index contributed by atoms with van der Waals surface area (Å²) in [4.78, 5) is 24.3. The summed E-state index contributed by atoms with van der Waals surface area (Å²) in [5, 5.41) is 5.46. The molecule has 0 aliphatic rings. The number of anilines is 1. The quantitative estimate of drug-likeness (QED) is 0.608. The lowest BCUT2D eigenvalue weighted by atomic mass is 10.1. The molecule has 2 amide bonds. The Balaban J connectivity index is 1.91. The summed E-state index contributed by atoms with van der Waals surface area (Å²) >= 11 is 0. The topological polar surface area (TPSA) is 76.7 Å². The number of methoxy groups -OCH3 is 1. The van der Waals surface area contributed by atoms with Crippen molar-refractivity contribution in [2.24, 2.45) is 0 Å². The zero-order chi connectivity index (χ0) is 22.1. The van der Waals surface area contributed by atoms with Crippen molar-refractivity contribution in [2.45, 2.75) is 34.1 Å². The first-order valence-electron chi connectivity index (χ1n) is 9.98. The van der Waals surface area contributed by atoms with Crippen LogP contribution in [-0.2, 0) is 9.59 Å². The summed E-state index contributed by atoms with van der Waals surface area (Å²) in [6, 6.07) is 9.47. The highest BCUT2D eigenvalue weighted by molar-refractivity contribution is 5.98. The molecule has 6 nitrogen and oxygen atoms in total. The molecule has 0 aliphatic carbocycles. The van der Waals surface area contributed by atoms with Gasteiger partial charge in [-0.1, -0.05) is 30.7 Å². The first-order valence-corrected chi connectivity index (χ1v) is 9.98. The summed E-state index contributed by atoms with van der Waals surface area (Å²) < 4.78 is 11.0. The van der Waals surface area contributed by atoms with Gasteiger partial charge in [0, 0.05) is 11.8 Å². The number of carbonyl (C=O) groups is 2. The van der Waals surface area contributed by atoms with Crippen molar-refractivity contribution < 1.29 is 19.1 Å². The molecule has 0 radical (unpaired) electrons. The Labute approximate surface area is 178 Å². The molecule has 0 saturated heterocycles. The Kier molecular flexibility index (Phi) is 8.47. The van der Waals surface area contributed by atoms with Gasteiger partial charge in [-0.3, -0.25) is 9.59 Å². The lowest BCUT2D eigenvalue weighted by molar-refractivity contribution is -0.121. The number of benzene rings is 2. The smallest absolute Gasteiger partial charge is 0.244 e. The fourth-order valence-electron chi connectivity index (χ4n) is 3.08. The predicted octanol–water partition coefficient (Wildman–Crippen LogP) is 4.18. The van der Waals surface area contributed by atoms with Crippen molar-refractivity contribution >= 4 is 23.6 Å². The minimum absolute atomic E-state index is 0.108. The molecule has 0 spiro atoms. The van der Waals surface area contributed by atoms with E-state index in [-0.39, 0.29) is 18.4 Å². The summed E-state index contributed by atoms with van der Waals surface area (Å²) in [5.41, 5.74) is 4.71. The van der Waals surface area contributed by atoms with Crippen LogP contribution < -0.4 is 20.1 Å². The van der Waals surface area contributed by atoms with Gasteiger partial charge in [0.25, 0.3) is 0 Å². The molecular formula is C24H30N2O4. The van der Waals surface area contributed by atoms with Crippen LogP contribution in [-0.4, -0.2) is 32.1 Å². The van der Waals surface area contributed by atoms with Gasteiger partial charge in [0.2, 0.25) is 11.8 Å². The fourth-order valence-corrected chi connectivity index (χ4v) is 3.08. The van der Waals surface area contributed by atoms with Crippen LogP contribution in [0.5, 0.6) is 11.5 Å². The van der Waals surface area contributed by atoms with Gasteiger partial charge in [-0.05, 0) is 62.1 Å². The Hall–Kier alpha value is -3.28. The van der Waals surface area contributed by atoms with E-state index in [1.807, 2.05) is 52.0 Å². The maximum absolute atomic E-state index is 12.2. The van der Waals surface area contributed by atoms with Gasteiger partial charge >= 0.3 is 0 Å². The van der Waals surface area contributed by atoms with E-state index in [4.69, 9.17) is 9.47 Å². The third kappa shape index (κ3) is 6.65. The van der Waals surface area contributed by atoms with E-state index >= 15 is 0 Å². The summed E-state index contributed by atoms with van der Waals surface area (Å²) in [6.45, 7) is 8.44. The van der Waals surface area contributed by atoms with E-state index < -0.39 is 0 Å². The lowest BCUT2D eigenvalue weighted by Gasteiger charge is -2.13. The van der Waals surface area contributed by atoms with Crippen LogP contribution in [0, 0.1) is 20.8 Å². The molecule has 30 heavy (non-hydrogen) atoms. The van der Waals surface area contributed by atoms with Crippen LogP contribution in [0.4, 0.5) is 5.69 Å². The van der Waals surface area contributed by atoms with E-state index in [1.165, 1.54) is 6.08 Å². The van der Waals surface area contributed by atoms with Crippen LogP contribution in [0.1, 0.15) is 35.6 Å². The largest absolute Gasteiger partial charge is 0.493 e. The van der Waals surface area contributed by atoms with Crippen molar-refractivity contribution in [3.8, 4) is 11.5 Å². The van der Waals surface area contributed by atoms with Crippen molar-refractivity contribution in [1.82, 2.24) is 5.32 Å². The molecule has 0 fully saturated rings. The predicted molar refractivity (Wildman–Crippen MR) is 120 cm³/mol. The lowest BCUT2D eigenvalue weighted by Crippen LogP contribution is -2.32. The average molecular weight is 411 g/mol. The number of ether oxygens (including phenoxy) is 2. The molecule has 0 bridgehead atoms. The van der Waals surface area contributed by atoms with E-state index in [9.17, 15) is 9.59 Å². The Morgan fingerprint density at radius 3 is 2.37 bits per heavy atom. The van der Waals surface area contributed by atoms with Crippen LogP contribution in [0.2, 0.25) is 0 Å². The normalized spacial score (nSPS) is 10.7. The van der Waals surface area contributed by atoms with Crippen LogP contribution in [0.3, 0.4) is 0 Å². The van der Waals surface area contributed by atoms with Gasteiger partial charge in [0.15, 0.2) is 11.5 Å². The maximum atomic E-state index is 12.2. The Morgan fingerprint density at radius 1 is 1.03 bits per heavy atom. The number of hydrogen-bond acceptors (Lipinski definition) is 4. The van der Waals surface area contributed by atoms with Crippen molar-refractivity contribution in [1.29, 1.82) is 0 Å². The number of aryl methyl sites for hydroxylation is 3. The molecule has 6 heteroatoms. The second-order valence-corrected chi connectivity index (χ2v) is 7.13. The molecular weight excluding hydrogens is 380 g/mol. The highest BCUT2D eigenvalue weighted by Crippen LogP contribution is 2.28. The van der Waals surface area contributed by atoms with Gasteiger partial charge in [0.1, 0.15) is 0 Å². The van der Waals surface area contributed by atoms with E-state index in [1.54, 1.807) is 19.3 Å². The minimum Gasteiger partial charge on any atom is -0.493 e. The van der Waals surface area contributed by atoms with Crippen LogP contribution in [0.25, 0.3) is 6.08 Å². The van der Waals surface area contributed by atoms with Crippen LogP contribution in [0.15, 0.2) is 36.4 Å². The van der Waals surface area contributed by atoms with Gasteiger partial charge in [-0.2, -0.15) is 0 Å². The monoisotopic (exact) mass is 410 g/mol. The molecule has 2 rings (SSSR count). The van der Waals surface area contributed by atoms with E-state index in [2.05, 4.69) is 10.6 Å². The van der Waals surface area contributed by atoms with Crippen molar-refractivity contribution in [3.05, 3.63) is 58.7 Å². The third-order valence-electron chi connectivity index (χ3n) is 4.44. The number of amides is 2. The standard InChI is InChI=1S/C24H30N2O4/c1-6-11-30-20-9-7-19(14-21(20)29-5)8-10-22(27)25-15-23(28)26-24-17(3)12-16(2)13-18(24)4/h7-10,12-14H,6,11,15H2,1-5H3,(H,25,27)(H,26,28). The van der Waals surface area contributed by atoms with Gasteiger partial charge in [-0.15, -0.1) is 0 Å². The molecule has 2 aromatic rings. The molecule has 2 aromatic carbocycles. The highest BCUT2D eigenvalue weighted by atomic mass is 16.5. The third-order valence-corrected chi connectivity index (χ3v) is 4.44. The average Bonchev–Trinajstić information content (AvgIpc) is 2.71. The SMILES string of the molecule is CCCOc1ccc(C=CC(=O)NCC(=O)Nc2c(C)cc(C)cc2C)cc1OC. The number of hydrogen-bond donors (Lipinski definition) is 2. The molecule has 160 valence electrons. The van der Waals surface area contributed by atoms with E-state index in [0.717, 1.165) is 34.4 Å². The molecule has 0 heterocycles. The number of carbonyl (C=O) groups excluding carboxylic acids is 2. The summed E-state index contributed by atoms with van der Waals surface area (Å²) in [7, 11) is 1.57. The first-order chi connectivity index (χ1) is 14.3. The van der Waals surface area contributed by atoms with Gasteiger partial charge in [0.05, 0.1) is 20.3 Å². The molecule has 0 atom stereocenters.